The summed E-state index contributed by atoms with van der Waals surface area (Å²) in [4.78, 5) is 24.2. The van der Waals surface area contributed by atoms with Gasteiger partial charge < -0.3 is 9.47 Å². The van der Waals surface area contributed by atoms with Gasteiger partial charge in [0.25, 0.3) is 11.8 Å². The lowest BCUT2D eigenvalue weighted by molar-refractivity contribution is -0.123. The topological polar surface area (TPSA) is 88.7 Å². The van der Waals surface area contributed by atoms with Crippen molar-refractivity contribution in [3.05, 3.63) is 58.1 Å². The maximum Gasteiger partial charge on any atom is 0.276 e. The van der Waals surface area contributed by atoms with Crippen molar-refractivity contribution in [3.8, 4) is 11.5 Å². The van der Waals surface area contributed by atoms with Crippen LogP contribution in [0.2, 0.25) is 0 Å². The first kappa shape index (κ1) is 22.6. The standard InChI is InChI=1S/C20H22BrN3O4S/c1-3-9-27-15-6-4-5-14(11-15)19(26)22-20(29)24-23-18(25)12-28-17-8-7-13(2)10-16(17)21/h4-8,10-11H,3,9,12H2,1-2H3,(H,23,25)(H2,22,24,26,29). The minimum absolute atomic E-state index is 0.0419. The molecule has 2 rings (SSSR count). The van der Waals surface area contributed by atoms with Crippen molar-refractivity contribution in [1.82, 2.24) is 16.2 Å². The zero-order valence-electron chi connectivity index (χ0n) is 16.1. The number of carbonyl (C=O) groups is 2. The number of ether oxygens (including phenoxy) is 2. The number of hydrogen-bond acceptors (Lipinski definition) is 5. The van der Waals surface area contributed by atoms with E-state index in [0.717, 1.165) is 16.5 Å². The molecular formula is C20H22BrN3O4S. The molecule has 0 aromatic heterocycles. The van der Waals surface area contributed by atoms with Crippen LogP contribution in [-0.4, -0.2) is 30.1 Å². The molecule has 0 heterocycles. The van der Waals surface area contributed by atoms with Crippen LogP contribution in [0.1, 0.15) is 29.3 Å². The number of amides is 2. The predicted octanol–water partition coefficient (Wildman–Crippen LogP) is 3.26. The normalized spacial score (nSPS) is 10.0. The Kier molecular flexibility index (Phi) is 8.88. The van der Waals surface area contributed by atoms with E-state index in [1.807, 2.05) is 26.0 Å². The molecule has 0 aliphatic heterocycles. The van der Waals surface area contributed by atoms with Crippen molar-refractivity contribution in [2.24, 2.45) is 0 Å². The fourth-order valence-electron chi connectivity index (χ4n) is 2.18. The van der Waals surface area contributed by atoms with Crippen molar-refractivity contribution in [2.75, 3.05) is 13.2 Å². The van der Waals surface area contributed by atoms with E-state index in [9.17, 15) is 9.59 Å². The Labute approximate surface area is 183 Å². The number of nitrogens with one attached hydrogen (secondary N) is 3. The average Bonchev–Trinajstić information content (AvgIpc) is 2.70. The molecule has 0 fully saturated rings. The Morgan fingerprint density at radius 2 is 1.90 bits per heavy atom. The molecule has 2 amide bonds. The molecule has 0 bridgehead atoms. The molecule has 0 unspecified atom stereocenters. The Balaban J connectivity index is 1.77. The Hall–Kier alpha value is -2.65. The Morgan fingerprint density at radius 3 is 2.62 bits per heavy atom. The van der Waals surface area contributed by atoms with Crippen molar-refractivity contribution < 1.29 is 19.1 Å². The molecule has 7 nitrogen and oxygen atoms in total. The van der Waals surface area contributed by atoms with E-state index in [4.69, 9.17) is 21.7 Å². The third-order valence-corrected chi connectivity index (χ3v) is 4.38. The molecule has 0 radical (unpaired) electrons. The van der Waals surface area contributed by atoms with Gasteiger partial charge >= 0.3 is 0 Å². The first-order valence-corrected chi connectivity index (χ1v) is 10.1. The van der Waals surface area contributed by atoms with Gasteiger partial charge in [-0.3, -0.25) is 25.8 Å². The van der Waals surface area contributed by atoms with Crippen LogP contribution in [0.3, 0.4) is 0 Å². The third-order valence-electron chi connectivity index (χ3n) is 3.56. The van der Waals surface area contributed by atoms with Gasteiger partial charge in [-0.25, -0.2) is 0 Å². The van der Waals surface area contributed by atoms with E-state index in [0.29, 0.717) is 23.7 Å². The van der Waals surface area contributed by atoms with Gasteiger partial charge in [0.15, 0.2) is 11.7 Å². The second-order valence-corrected chi connectivity index (χ2v) is 7.32. The summed E-state index contributed by atoms with van der Waals surface area (Å²) in [6, 6.07) is 12.3. The van der Waals surface area contributed by atoms with E-state index in [1.165, 1.54) is 0 Å². The summed E-state index contributed by atoms with van der Waals surface area (Å²) in [5.74, 6) is 0.278. The van der Waals surface area contributed by atoms with Crippen LogP contribution in [0.5, 0.6) is 11.5 Å². The molecule has 3 N–H and O–H groups in total. The third kappa shape index (κ3) is 7.71. The second-order valence-electron chi connectivity index (χ2n) is 6.06. The maximum atomic E-state index is 12.3. The molecule has 0 saturated carbocycles. The number of benzene rings is 2. The maximum absolute atomic E-state index is 12.3. The second kappa shape index (κ2) is 11.4. The molecular weight excluding hydrogens is 458 g/mol. The SMILES string of the molecule is CCCOc1cccc(C(=O)NC(=S)NNC(=O)COc2ccc(C)cc2Br)c1. The van der Waals surface area contributed by atoms with E-state index in [-0.39, 0.29) is 11.7 Å². The van der Waals surface area contributed by atoms with Crippen LogP contribution in [-0.2, 0) is 4.79 Å². The highest BCUT2D eigenvalue weighted by Gasteiger charge is 2.10. The summed E-state index contributed by atoms with van der Waals surface area (Å²) < 4.78 is 11.7. The summed E-state index contributed by atoms with van der Waals surface area (Å²) in [7, 11) is 0. The van der Waals surface area contributed by atoms with Crippen LogP contribution in [0.25, 0.3) is 0 Å². The summed E-state index contributed by atoms with van der Waals surface area (Å²) in [6.07, 6.45) is 0.870. The molecule has 0 aliphatic carbocycles. The first-order chi connectivity index (χ1) is 13.9. The van der Waals surface area contributed by atoms with Gasteiger partial charge in [0, 0.05) is 5.56 Å². The zero-order valence-corrected chi connectivity index (χ0v) is 18.5. The van der Waals surface area contributed by atoms with Crippen LogP contribution in [0.15, 0.2) is 46.9 Å². The van der Waals surface area contributed by atoms with Crippen LogP contribution >= 0.6 is 28.1 Å². The monoisotopic (exact) mass is 479 g/mol. The van der Waals surface area contributed by atoms with E-state index in [1.54, 1.807) is 30.3 Å². The van der Waals surface area contributed by atoms with Gasteiger partial charge in [0.2, 0.25) is 0 Å². The van der Waals surface area contributed by atoms with E-state index in [2.05, 4.69) is 32.1 Å². The van der Waals surface area contributed by atoms with Crippen molar-refractivity contribution >= 4 is 45.1 Å². The van der Waals surface area contributed by atoms with Crippen molar-refractivity contribution in [2.45, 2.75) is 20.3 Å². The lowest BCUT2D eigenvalue weighted by Gasteiger charge is -2.12. The number of halogens is 1. The van der Waals surface area contributed by atoms with Crippen LogP contribution in [0.4, 0.5) is 0 Å². The number of hydrogen-bond donors (Lipinski definition) is 3. The van der Waals surface area contributed by atoms with Crippen molar-refractivity contribution in [3.63, 3.8) is 0 Å². The van der Waals surface area contributed by atoms with E-state index >= 15 is 0 Å². The molecule has 2 aromatic carbocycles. The predicted molar refractivity (Wildman–Crippen MR) is 118 cm³/mol. The zero-order chi connectivity index (χ0) is 21.2. The molecule has 154 valence electrons. The highest BCUT2D eigenvalue weighted by atomic mass is 79.9. The van der Waals surface area contributed by atoms with Gasteiger partial charge in [0.1, 0.15) is 11.5 Å². The smallest absolute Gasteiger partial charge is 0.276 e. The fraction of sp³-hybridized carbons (Fsp3) is 0.250. The largest absolute Gasteiger partial charge is 0.494 e. The quantitative estimate of drug-likeness (QED) is 0.417. The van der Waals surface area contributed by atoms with E-state index < -0.39 is 11.8 Å². The van der Waals surface area contributed by atoms with Crippen LogP contribution < -0.4 is 25.6 Å². The number of thiocarbonyl (C=S) groups is 1. The molecule has 29 heavy (non-hydrogen) atoms. The number of aryl methyl sites for hydroxylation is 1. The number of carbonyl (C=O) groups excluding carboxylic acids is 2. The lowest BCUT2D eigenvalue weighted by atomic mass is 10.2. The summed E-state index contributed by atoms with van der Waals surface area (Å²) in [5, 5.41) is 2.44. The molecule has 0 spiro atoms. The number of hydrazine groups is 1. The lowest BCUT2D eigenvalue weighted by Crippen LogP contribution is -2.49. The summed E-state index contributed by atoms with van der Waals surface area (Å²) >= 11 is 8.40. The Morgan fingerprint density at radius 1 is 1.10 bits per heavy atom. The highest BCUT2D eigenvalue weighted by molar-refractivity contribution is 9.10. The van der Waals surface area contributed by atoms with Crippen LogP contribution in [0, 0.1) is 6.92 Å². The van der Waals surface area contributed by atoms with Gasteiger partial charge in [-0.1, -0.05) is 19.1 Å². The minimum atomic E-state index is -0.455. The molecule has 0 aliphatic rings. The Bertz CT molecular complexity index is 892. The molecule has 9 heteroatoms. The van der Waals surface area contributed by atoms with Crippen molar-refractivity contribution in [1.29, 1.82) is 0 Å². The molecule has 2 aromatic rings. The highest BCUT2D eigenvalue weighted by Crippen LogP contribution is 2.25. The summed E-state index contributed by atoms with van der Waals surface area (Å²) in [5.41, 5.74) is 6.30. The van der Waals surface area contributed by atoms with Gasteiger partial charge in [-0.05, 0) is 77.4 Å². The number of rotatable bonds is 7. The first-order valence-electron chi connectivity index (χ1n) is 8.91. The minimum Gasteiger partial charge on any atom is -0.494 e. The van der Waals surface area contributed by atoms with Gasteiger partial charge in [-0.2, -0.15) is 0 Å². The average molecular weight is 480 g/mol. The fourth-order valence-corrected chi connectivity index (χ4v) is 2.93. The van der Waals surface area contributed by atoms with Gasteiger partial charge in [-0.15, -0.1) is 0 Å². The van der Waals surface area contributed by atoms with Gasteiger partial charge in [0.05, 0.1) is 11.1 Å². The molecule has 0 saturated heterocycles. The summed E-state index contributed by atoms with van der Waals surface area (Å²) in [6.45, 7) is 4.30. The molecule has 0 atom stereocenters.